The van der Waals surface area contributed by atoms with Crippen molar-refractivity contribution < 1.29 is 5.11 Å². The maximum Gasteiger partial charge on any atom is 0.131 e. The average molecular weight is 269 g/mol. The first-order chi connectivity index (χ1) is 9.70. The van der Waals surface area contributed by atoms with Crippen molar-refractivity contribution in [1.29, 1.82) is 0 Å². The number of aliphatic hydroxyl groups is 1. The molecule has 0 spiro atoms. The van der Waals surface area contributed by atoms with Crippen LogP contribution in [0.25, 0.3) is 0 Å². The van der Waals surface area contributed by atoms with E-state index in [1.54, 1.807) is 0 Å². The van der Waals surface area contributed by atoms with Crippen LogP contribution in [0.4, 0.5) is 11.4 Å². The van der Waals surface area contributed by atoms with Gasteiger partial charge in [0.05, 0.1) is 24.2 Å². The lowest BCUT2D eigenvalue weighted by atomic mass is 10.2. The van der Waals surface area contributed by atoms with Gasteiger partial charge in [0.25, 0.3) is 0 Å². The van der Waals surface area contributed by atoms with Crippen molar-refractivity contribution in [2.75, 3.05) is 11.4 Å². The Bertz CT molecular complexity index is 625. The van der Waals surface area contributed by atoms with E-state index >= 15 is 0 Å². The highest BCUT2D eigenvalue weighted by atomic mass is 16.3. The molecule has 0 aliphatic carbocycles. The minimum absolute atomic E-state index is 0.0593. The molecule has 3 rings (SSSR count). The topological polar surface area (TPSA) is 49.2 Å². The van der Waals surface area contributed by atoms with Gasteiger partial charge in [0, 0.05) is 18.2 Å². The molecule has 0 atom stereocenters. The van der Waals surface area contributed by atoms with Gasteiger partial charge < -0.3 is 10.0 Å². The highest BCUT2D eigenvalue weighted by Crippen LogP contribution is 2.35. The van der Waals surface area contributed by atoms with Crippen LogP contribution in [0.3, 0.4) is 0 Å². The first-order valence-corrected chi connectivity index (χ1v) is 7.03. The van der Waals surface area contributed by atoms with Gasteiger partial charge in [-0.15, -0.1) is 0 Å². The van der Waals surface area contributed by atoms with Crippen molar-refractivity contribution in [3.8, 4) is 0 Å². The molecule has 1 aromatic carbocycles. The summed E-state index contributed by atoms with van der Waals surface area (Å²) in [5.74, 6) is 1.05. The van der Waals surface area contributed by atoms with Crippen LogP contribution in [0.5, 0.6) is 0 Å². The summed E-state index contributed by atoms with van der Waals surface area (Å²) in [6, 6.07) is 8.36. The molecule has 2 aromatic rings. The molecule has 0 amide bonds. The van der Waals surface area contributed by atoms with Crippen molar-refractivity contribution in [1.82, 2.24) is 9.97 Å². The zero-order valence-corrected chi connectivity index (χ0v) is 11.9. The van der Waals surface area contributed by atoms with Crippen LogP contribution in [-0.2, 0) is 13.0 Å². The summed E-state index contributed by atoms with van der Waals surface area (Å²) >= 11 is 0. The van der Waals surface area contributed by atoms with Crippen LogP contribution in [0.15, 0.2) is 30.5 Å². The number of benzene rings is 1. The summed E-state index contributed by atoms with van der Waals surface area (Å²) < 4.78 is 0. The number of fused-ring (bicyclic) bond motifs is 1. The van der Waals surface area contributed by atoms with E-state index in [9.17, 15) is 5.11 Å². The molecule has 1 N–H and O–H groups in total. The molecule has 1 aliphatic heterocycles. The number of aromatic nitrogens is 2. The smallest absolute Gasteiger partial charge is 0.131 e. The Labute approximate surface area is 119 Å². The fraction of sp³-hybridized carbons (Fsp3) is 0.375. The van der Waals surface area contributed by atoms with Gasteiger partial charge >= 0.3 is 0 Å². The Kier molecular flexibility index (Phi) is 3.40. The number of hydrogen-bond acceptors (Lipinski definition) is 4. The van der Waals surface area contributed by atoms with E-state index in [2.05, 4.69) is 46.9 Å². The number of aliphatic hydroxyl groups excluding tert-OH is 1. The molecule has 0 bridgehead atoms. The predicted octanol–water partition coefficient (Wildman–Crippen LogP) is 2.79. The quantitative estimate of drug-likeness (QED) is 0.931. The highest BCUT2D eigenvalue weighted by molar-refractivity contribution is 5.70. The second kappa shape index (κ2) is 5.21. The molecular formula is C16H19N3O. The van der Waals surface area contributed by atoms with E-state index in [0.717, 1.165) is 24.5 Å². The minimum atomic E-state index is -0.0593. The molecule has 0 radical (unpaired) electrons. The minimum Gasteiger partial charge on any atom is -0.390 e. The van der Waals surface area contributed by atoms with E-state index in [-0.39, 0.29) is 12.5 Å². The molecule has 2 heterocycles. The summed E-state index contributed by atoms with van der Waals surface area (Å²) in [7, 11) is 0. The standard InChI is InChI=1S/C16H19N3O/c1-11(2)16-17-9-15(13(10-20)18-16)19-8-7-12-5-3-4-6-14(12)19/h3-6,9,11,20H,7-8,10H2,1-2H3. The Morgan fingerprint density at radius 2 is 2.05 bits per heavy atom. The molecule has 0 saturated carbocycles. The van der Waals surface area contributed by atoms with Crippen molar-refractivity contribution in [3.63, 3.8) is 0 Å². The first kappa shape index (κ1) is 13.1. The lowest BCUT2D eigenvalue weighted by Crippen LogP contribution is -2.17. The predicted molar refractivity (Wildman–Crippen MR) is 79.2 cm³/mol. The number of nitrogens with zero attached hydrogens (tertiary/aromatic N) is 3. The third-order valence-corrected chi connectivity index (χ3v) is 3.71. The van der Waals surface area contributed by atoms with Crippen molar-refractivity contribution in [2.24, 2.45) is 0 Å². The van der Waals surface area contributed by atoms with Gasteiger partial charge in [-0.3, -0.25) is 0 Å². The second-order valence-corrected chi connectivity index (χ2v) is 5.40. The number of rotatable bonds is 3. The zero-order chi connectivity index (χ0) is 14.1. The Hall–Kier alpha value is -1.94. The van der Waals surface area contributed by atoms with Gasteiger partial charge in [-0.25, -0.2) is 9.97 Å². The third-order valence-electron chi connectivity index (χ3n) is 3.71. The number of anilines is 2. The van der Waals surface area contributed by atoms with Crippen LogP contribution in [0.1, 0.15) is 36.8 Å². The van der Waals surface area contributed by atoms with Gasteiger partial charge in [0.1, 0.15) is 5.82 Å². The molecule has 20 heavy (non-hydrogen) atoms. The normalized spacial score (nSPS) is 13.9. The fourth-order valence-electron chi connectivity index (χ4n) is 2.63. The first-order valence-electron chi connectivity index (χ1n) is 7.03. The number of para-hydroxylation sites is 1. The Balaban J connectivity index is 2.03. The third kappa shape index (κ3) is 2.16. The molecule has 0 fully saturated rings. The van der Waals surface area contributed by atoms with Gasteiger partial charge in [-0.05, 0) is 18.1 Å². The van der Waals surface area contributed by atoms with Gasteiger partial charge in [0.15, 0.2) is 0 Å². The van der Waals surface area contributed by atoms with Crippen LogP contribution in [0.2, 0.25) is 0 Å². The molecule has 0 unspecified atom stereocenters. The highest BCUT2D eigenvalue weighted by Gasteiger charge is 2.23. The number of hydrogen-bond donors (Lipinski definition) is 1. The maximum absolute atomic E-state index is 9.62. The van der Waals surface area contributed by atoms with Crippen LogP contribution < -0.4 is 4.90 Å². The van der Waals surface area contributed by atoms with E-state index < -0.39 is 0 Å². The summed E-state index contributed by atoms with van der Waals surface area (Å²) in [5, 5.41) is 9.62. The molecule has 4 heteroatoms. The van der Waals surface area contributed by atoms with E-state index in [1.807, 2.05) is 12.3 Å². The van der Waals surface area contributed by atoms with Crippen molar-refractivity contribution >= 4 is 11.4 Å². The maximum atomic E-state index is 9.62. The zero-order valence-electron chi connectivity index (χ0n) is 11.9. The summed E-state index contributed by atoms with van der Waals surface area (Å²) in [4.78, 5) is 11.1. The fourth-order valence-corrected chi connectivity index (χ4v) is 2.63. The Morgan fingerprint density at radius 1 is 1.25 bits per heavy atom. The van der Waals surface area contributed by atoms with E-state index in [0.29, 0.717) is 5.69 Å². The molecule has 1 aliphatic rings. The van der Waals surface area contributed by atoms with Crippen molar-refractivity contribution in [2.45, 2.75) is 32.8 Å². The molecular weight excluding hydrogens is 250 g/mol. The van der Waals surface area contributed by atoms with Gasteiger partial charge in [-0.1, -0.05) is 32.0 Å². The SMILES string of the molecule is CC(C)c1ncc(N2CCc3ccccc32)c(CO)n1. The monoisotopic (exact) mass is 269 g/mol. The average Bonchev–Trinajstić information content (AvgIpc) is 2.90. The molecule has 4 nitrogen and oxygen atoms in total. The van der Waals surface area contributed by atoms with Crippen LogP contribution in [0, 0.1) is 0 Å². The molecule has 104 valence electrons. The van der Waals surface area contributed by atoms with E-state index in [1.165, 1.54) is 11.3 Å². The van der Waals surface area contributed by atoms with Crippen LogP contribution in [-0.4, -0.2) is 21.6 Å². The molecule has 1 aromatic heterocycles. The Morgan fingerprint density at radius 3 is 2.80 bits per heavy atom. The van der Waals surface area contributed by atoms with E-state index in [4.69, 9.17) is 0 Å². The van der Waals surface area contributed by atoms with Gasteiger partial charge in [0.2, 0.25) is 0 Å². The van der Waals surface area contributed by atoms with Crippen LogP contribution >= 0.6 is 0 Å². The summed E-state index contributed by atoms with van der Waals surface area (Å²) in [6.07, 6.45) is 2.86. The summed E-state index contributed by atoms with van der Waals surface area (Å²) in [5.41, 5.74) is 4.16. The second-order valence-electron chi connectivity index (χ2n) is 5.40. The lowest BCUT2D eigenvalue weighted by Gasteiger charge is -2.22. The van der Waals surface area contributed by atoms with Gasteiger partial charge in [-0.2, -0.15) is 0 Å². The van der Waals surface area contributed by atoms with Crippen molar-refractivity contribution in [3.05, 3.63) is 47.5 Å². The summed E-state index contributed by atoms with van der Waals surface area (Å²) in [6.45, 7) is 4.97. The molecule has 0 saturated heterocycles. The largest absolute Gasteiger partial charge is 0.390 e. The lowest BCUT2D eigenvalue weighted by molar-refractivity contribution is 0.276.